The predicted octanol–water partition coefficient (Wildman–Crippen LogP) is 3.64. The average molecular weight is 291 g/mol. The highest BCUT2D eigenvalue weighted by atomic mass is 19.1. The Morgan fingerprint density at radius 1 is 1.29 bits per heavy atom. The molecule has 2 N–H and O–H groups in total. The zero-order valence-electron chi connectivity index (χ0n) is 12.5. The van der Waals surface area contributed by atoms with E-state index in [1.54, 1.807) is 13.0 Å². The van der Waals surface area contributed by atoms with Crippen LogP contribution in [0.1, 0.15) is 31.1 Å². The van der Waals surface area contributed by atoms with Gasteiger partial charge < -0.3 is 14.8 Å². The molecule has 2 aromatic rings. The molecule has 1 atom stereocenters. The van der Waals surface area contributed by atoms with E-state index in [0.717, 1.165) is 24.2 Å². The van der Waals surface area contributed by atoms with Crippen LogP contribution in [0.5, 0.6) is 0 Å². The van der Waals surface area contributed by atoms with Gasteiger partial charge in [-0.1, -0.05) is 25.5 Å². The summed E-state index contributed by atoms with van der Waals surface area (Å²) in [6, 6.07) is 8.69. The fourth-order valence-corrected chi connectivity index (χ4v) is 2.29. The Kier molecular flexibility index (Phi) is 5.53. The van der Waals surface area contributed by atoms with Crippen molar-refractivity contribution in [3.63, 3.8) is 0 Å². The number of rotatable bonds is 7. The van der Waals surface area contributed by atoms with Gasteiger partial charge in [0.25, 0.3) is 0 Å². The zero-order valence-corrected chi connectivity index (χ0v) is 12.5. The van der Waals surface area contributed by atoms with Gasteiger partial charge in [0.05, 0.1) is 12.6 Å². The number of nitrogens with one attached hydrogen (secondary N) is 1. The fourth-order valence-electron chi connectivity index (χ4n) is 2.29. The highest BCUT2D eigenvalue weighted by Crippen LogP contribution is 2.26. The predicted molar refractivity (Wildman–Crippen MR) is 81.5 cm³/mol. The summed E-state index contributed by atoms with van der Waals surface area (Å²) in [5.41, 5.74) is 1.36. The molecule has 1 aromatic carbocycles. The summed E-state index contributed by atoms with van der Waals surface area (Å²) < 4.78 is 19.3. The van der Waals surface area contributed by atoms with E-state index in [1.807, 2.05) is 25.1 Å². The Morgan fingerprint density at radius 2 is 2.10 bits per heavy atom. The van der Waals surface area contributed by atoms with Crippen LogP contribution in [0.15, 0.2) is 34.7 Å². The monoisotopic (exact) mass is 291 g/mol. The number of hydrogen-bond donors (Lipinski definition) is 2. The first-order valence-electron chi connectivity index (χ1n) is 7.34. The minimum Gasteiger partial charge on any atom is -0.460 e. The highest BCUT2D eigenvalue weighted by Gasteiger charge is 2.10. The number of hydrogen-bond acceptors (Lipinski definition) is 3. The van der Waals surface area contributed by atoms with Crippen LogP contribution in [0.4, 0.5) is 4.39 Å². The van der Waals surface area contributed by atoms with E-state index in [1.165, 1.54) is 6.07 Å². The van der Waals surface area contributed by atoms with E-state index in [4.69, 9.17) is 4.42 Å². The van der Waals surface area contributed by atoms with E-state index < -0.39 is 0 Å². The van der Waals surface area contributed by atoms with Gasteiger partial charge in [0.1, 0.15) is 17.3 Å². The van der Waals surface area contributed by atoms with Crippen LogP contribution in [0.2, 0.25) is 0 Å². The third kappa shape index (κ3) is 4.16. The molecule has 0 radical (unpaired) electrons. The normalized spacial score (nSPS) is 12.6. The number of aliphatic hydroxyl groups is 1. The van der Waals surface area contributed by atoms with Gasteiger partial charge in [-0.15, -0.1) is 0 Å². The maximum Gasteiger partial charge on any atom is 0.134 e. The van der Waals surface area contributed by atoms with Crippen molar-refractivity contribution in [1.82, 2.24) is 5.32 Å². The molecular weight excluding hydrogens is 269 g/mol. The van der Waals surface area contributed by atoms with Crippen molar-refractivity contribution in [3.8, 4) is 11.3 Å². The Hall–Kier alpha value is -1.65. The van der Waals surface area contributed by atoms with Crippen LogP contribution >= 0.6 is 0 Å². The molecule has 4 heteroatoms. The molecule has 0 aliphatic heterocycles. The third-order valence-corrected chi connectivity index (χ3v) is 3.50. The summed E-state index contributed by atoms with van der Waals surface area (Å²) in [5, 5.41) is 12.8. The Balaban J connectivity index is 1.97. The van der Waals surface area contributed by atoms with E-state index in [2.05, 4.69) is 5.32 Å². The third-order valence-electron chi connectivity index (χ3n) is 3.50. The molecule has 0 spiro atoms. The highest BCUT2D eigenvalue weighted by molar-refractivity contribution is 5.62. The number of benzene rings is 1. The summed E-state index contributed by atoms with van der Waals surface area (Å²) in [6.07, 6.45) is 1.43. The molecule has 3 nitrogen and oxygen atoms in total. The molecule has 0 bridgehead atoms. The molecule has 0 fully saturated rings. The maximum absolute atomic E-state index is 13.6. The van der Waals surface area contributed by atoms with Gasteiger partial charge in [-0.05, 0) is 37.1 Å². The number of aliphatic hydroxyl groups excluding tert-OH is 1. The number of furan rings is 1. The van der Waals surface area contributed by atoms with Crippen LogP contribution in [-0.2, 0) is 6.54 Å². The quantitative estimate of drug-likeness (QED) is 0.818. The SMILES string of the molecule is CCC[C@H](O)CNCc1ccc(-c2cccc(F)c2C)o1. The smallest absolute Gasteiger partial charge is 0.134 e. The molecule has 21 heavy (non-hydrogen) atoms. The molecule has 0 aliphatic carbocycles. The van der Waals surface area contributed by atoms with Crippen LogP contribution in [0, 0.1) is 12.7 Å². The van der Waals surface area contributed by atoms with Crippen molar-refractivity contribution < 1.29 is 13.9 Å². The van der Waals surface area contributed by atoms with Crippen molar-refractivity contribution in [2.24, 2.45) is 0 Å². The molecule has 0 saturated carbocycles. The Morgan fingerprint density at radius 3 is 2.86 bits per heavy atom. The summed E-state index contributed by atoms with van der Waals surface area (Å²) in [7, 11) is 0. The van der Waals surface area contributed by atoms with Crippen LogP contribution in [-0.4, -0.2) is 17.8 Å². The molecule has 2 rings (SSSR count). The standard InChI is InChI=1S/C17H22FNO2/c1-3-5-13(20)10-19-11-14-8-9-17(21-14)15-6-4-7-16(18)12(15)2/h4,6-9,13,19-20H,3,5,10-11H2,1-2H3/t13-/m0/s1. The topological polar surface area (TPSA) is 45.4 Å². The molecule has 1 aromatic heterocycles. The summed E-state index contributed by atoms with van der Waals surface area (Å²) >= 11 is 0. The minimum absolute atomic E-state index is 0.230. The van der Waals surface area contributed by atoms with E-state index in [0.29, 0.717) is 24.4 Å². The molecule has 0 aliphatic rings. The first-order chi connectivity index (χ1) is 10.1. The van der Waals surface area contributed by atoms with Crippen molar-refractivity contribution in [1.29, 1.82) is 0 Å². The largest absolute Gasteiger partial charge is 0.460 e. The first kappa shape index (κ1) is 15.7. The van der Waals surface area contributed by atoms with E-state index >= 15 is 0 Å². The lowest BCUT2D eigenvalue weighted by Gasteiger charge is -2.09. The lowest BCUT2D eigenvalue weighted by atomic mass is 10.1. The fraction of sp³-hybridized carbons (Fsp3) is 0.412. The first-order valence-corrected chi connectivity index (χ1v) is 7.34. The second kappa shape index (κ2) is 7.38. The van der Waals surface area contributed by atoms with Crippen molar-refractivity contribution in [3.05, 3.63) is 47.5 Å². The van der Waals surface area contributed by atoms with Crippen molar-refractivity contribution in [2.45, 2.75) is 39.3 Å². The lowest BCUT2D eigenvalue weighted by molar-refractivity contribution is 0.159. The summed E-state index contributed by atoms with van der Waals surface area (Å²) in [4.78, 5) is 0. The van der Waals surface area contributed by atoms with Gasteiger partial charge in [0, 0.05) is 12.1 Å². The van der Waals surface area contributed by atoms with Gasteiger partial charge in [-0.25, -0.2) is 4.39 Å². The Bertz CT molecular complexity index is 580. The molecule has 0 amide bonds. The van der Waals surface area contributed by atoms with E-state index in [-0.39, 0.29) is 11.9 Å². The molecule has 0 unspecified atom stereocenters. The van der Waals surface area contributed by atoms with Crippen LogP contribution in [0.25, 0.3) is 11.3 Å². The molecular formula is C17H22FNO2. The van der Waals surface area contributed by atoms with Gasteiger partial charge in [-0.3, -0.25) is 0 Å². The maximum atomic E-state index is 13.6. The van der Waals surface area contributed by atoms with Crippen LogP contribution in [0.3, 0.4) is 0 Å². The number of halogens is 1. The second-order valence-corrected chi connectivity index (χ2v) is 5.25. The second-order valence-electron chi connectivity index (χ2n) is 5.25. The molecule has 1 heterocycles. The lowest BCUT2D eigenvalue weighted by Crippen LogP contribution is -2.25. The Labute approximate surface area is 124 Å². The summed E-state index contributed by atoms with van der Waals surface area (Å²) in [5.74, 6) is 1.21. The van der Waals surface area contributed by atoms with Gasteiger partial charge in [0.15, 0.2) is 0 Å². The van der Waals surface area contributed by atoms with Crippen molar-refractivity contribution in [2.75, 3.05) is 6.54 Å². The summed E-state index contributed by atoms with van der Waals surface area (Å²) in [6.45, 7) is 4.88. The van der Waals surface area contributed by atoms with Crippen LogP contribution < -0.4 is 5.32 Å². The molecule has 114 valence electrons. The van der Waals surface area contributed by atoms with Crippen molar-refractivity contribution >= 4 is 0 Å². The van der Waals surface area contributed by atoms with Gasteiger partial charge >= 0.3 is 0 Å². The molecule has 0 saturated heterocycles. The zero-order chi connectivity index (χ0) is 15.2. The van der Waals surface area contributed by atoms with Gasteiger partial charge in [-0.2, -0.15) is 0 Å². The van der Waals surface area contributed by atoms with Gasteiger partial charge in [0.2, 0.25) is 0 Å². The van der Waals surface area contributed by atoms with E-state index in [9.17, 15) is 9.50 Å². The minimum atomic E-state index is -0.324. The average Bonchev–Trinajstić information content (AvgIpc) is 2.91.